The zero-order valence-electron chi connectivity index (χ0n) is 23.0. The lowest BCUT2D eigenvalue weighted by atomic mass is 9.99. The van der Waals surface area contributed by atoms with Gasteiger partial charge in [-0.15, -0.1) is 0 Å². The van der Waals surface area contributed by atoms with E-state index < -0.39 is 29.7 Å². The van der Waals surface area contributed by atoms with E-state index in [9.17, 15) is 13.6 Å². The number of hydrogen-bond donors (Lipinski definition) is 3. The highest BCUT2D eigenvalue weighted by Gasteiger charge is 2.36. The summed E-state index contributed by atoms with van der Waals surface area (Å²) in [6.07, 6.45) is 2.91. The molecule has 3 heterocycles. The maximum Gasteiger partial charge on any atom is 0.320 e. The Balaban J connectivity index is 1.43. The zero-order chi connectivity index (χ0) is 28.9. The molecule has 9 nitrogen and oxygen atoms in total. The second-order valence-electron chi connectivity index (χ2n) is 9.92. The first-order valence-corrected chi connectivity index (χ1v) is 13.3. The Bertz CT molecular complexity index is 1480. The van der Waals surface area contributed by atoms with Crippen LogP contribution >= 0.6 is 0 Å². The monoisotopic (exact) mass is 562 g/mol. The molecule has 1 aliphatic rings. The van der Waals surface area contributed by atoms with Crippen LogP contribution in [0.15, 0.2) is 66.9 Å². The summed E-state index contributed by atoms with van der Waals surface area (Å²) in [5.41, 5.74) is 3.33. The second kappa shape index (κ2) is 12.4. The highest BCUT2D eigenvalue weighted by atomic mass is 19.1. The van der Waals surface area contributed by atoms with Crippen molar-refractivity contribution in [2.75, 3.05) is 26.1 Å². The van der Waals surface area contributed by atoms with Gasteiger partial charge in [0.15, 0.2) is 0 Å². The number of amides is 2. The summed E-state index contributed by atoms with van der Waals surface area (Å²) in [5, 5.41) is 14.2. The van der Waals surface area contributed by atoms with Crippen molar-refractivity contribution in [3.8, 4) is 22.8 Å². The van der Waals surface area contributed by atoms with E-state index in [0.29, 0.717) is 42.4 Å². The van der Waals surface area contributed by atoms with Gasteiger partial charge in [0.25, 0.3) is 0 Å². The molecule has 0 saturated carbocycles. The number of hydrogen-bond acceptors (Lipinski definition) is 6. The minimum Gasteiger partial charge on any atom is -0.481 e. The summed E-state index contributed by atoms with van der Waals surface area (Å²) in [6.45, 7) is 2.39. The summed E-state index contributed by atoms with van der Waals surface area (Å²) in [4.78, 5) is 17.8. The number of benzene rings is 2. The van der Waals surface area contributed by atoms with Crippen LogP contribution in [0.1, 0.15) is 30.0 Å². The summed E-state index contributed by atoms with van der Waals surface area (Å²) in [5.74, 6) is -0.385. The Morgan fingerprint density at radius 2 is 1.85 bits per heavy atom. The summed E-state index contributed by atoms with van der Waals surface area (Å²) >= 11 is 0. The van der Waals surface area contributed by atoms with Crippen molar-refractivity contribution >= 4 is 11.8 Å². The SMILES string of the molecule is COCC[C@@H]1C[C@@H](NC(=O)Nc2c(C)c(-c3ccc(OC)nc3)nn2-c2ccccc2)[C@H](c2cc(F)cc(F)c2)N1. The molecule has 2 aromatic carbocycles. The number of methoxy groups -OCH3 is 2. The maximum absolute atomic E-state index is 14.1. The highest BCUT2D eigenvalue weighted by molar-refractivity contribution is 5.91. The first-order chi connectivity index (χ1) is 19.9. The number of pyridine rings is 1. The third-order valence-corrected chi connectivity index (χ3v) is 7.16. The number of anilines is 1. The number of nitrogens with zero attached hydrogens (tertiary/aromatic N) is 3. The van der Waals surface area contributed by atoms with Crippen molar-refractivity contribution < 1.29 is 23.0 Å². The molecule has 2 amide bonds. The molecule has 0 radical (unpaired) electrons. The molecule has 4 aromatic rings. The van der Waals surface area contributed by atoms with Gasteiger partial charge in [0.2, 0.25) is 5.88 Å². The molecule has 0 spiro atoms. The number of carbonyl (C=O) groups is 1. The molecule has 2 aromatic heterocycles. The third-order valence-electron chi connectivity index (χ3n) is 7.16. The topological polar surface area (TPSA) is 102 Å². The molecule has 5 rings (SSSR count). The molecular weight excluding hydrogens is 530 g/mol. The fourth-order valence-corrected chi connectivity index (χ4v) is 5.19. The largest absolute Gasteiger partial charge is 0.481 e. The molecule has 0 unspecified atom stereocenters. The van der Waals surface area contributed by atoms with Crippen molar-refractivity contribution in [2.45, 2.75) is 37.9 Å². The van der Waals surface area contributed by atoms with E-state index in [0.717, 1.165) is 22.9 Å². The molecule has 3 atom stereocenters. The number of halogens is 2. The van der Waals surface area contributed by atoms with Crippen LogP contribution in [0, 0.1) is 18.6 Å². The van der Waals surface area contributed by atoms with Crippen LogP contribution in [0.2, 0.25) is 0 Å². The van der Waals surface area contributed by atoms with Crippen LogP contribution in [-0.4, -0.2) is 53.7 Å². The van der Waals surface area contributed by atoms with E-state index in [1.54, 1.807) is 31.2 Å². The number of carbonyl (C=O) groups excluding carboxylic acids is 1. The van der Waals surface area contributed by atoms with Crippen molar-refractivity contribution in [3.63, 3.8) is 0 Å². The Kier molecular flexibility index (Phi) is 8.55. The Morgan fingerprint density at radius 1 is 1.10 bits per heavy atom. The van der Waals surface area contributed by atoms with Gasteiger partial charge in [-0.25, -0.2) is 23.2 Å². The van der Waals surface area contributed by atoms with Crippen LogP contribution < -0.4 is 20.7 Å². The molecule has 214 valence electrons. The third kappa shape index (κ3) is 6.36. The highest BCUT2D eigenvalue weighted by Crippen LogP contribution is 2.32. The van der Waals surface area contributed by atoms with Crippen LogP contribution in [0.4, 0.5) is 19.4 Å². The summed E-state index contributed by atoms with van der Waals surface area (Å²) < 4.78 is 40.2. The Hall–Kier alpha value is -4.35. The van der Waals surface area contributed by atoms with Crippen LogP contribution in [0.3, 0.4) is 0 Å². The lowest BCUT2D eigenvalue weighted by Gasteiger charge is -2.22. The molecule has 11 heteroatoms. The van der Waals surface area contributed by atoms with Gasteiger partial charge in [-0.05, 0) is 55.7 Å². The lowest BCUT2D eigenvalue weighted by molar-refractivity contribution is 0.184. The minimum absolute atomic E-state index is 0.0117. The Morgan fingerprint density at radius 3 is 2.51 bits per heavy atom. The molecule has 1 fully saturated rings. The average molecular weight is 563 g/mol. The van der Waals surface area contributed by atoms with E-state index >= 15 is 0 Å². The average Bonchev–Trinajstić information content (AvgIpc) is 3.52. The maximum atomic E-state index is 14.1. The first-order valence-electron chi connectivity index (χ1n) is 13.3. The van der Waals surface area contributed by atoms with E-state index in [1.807, 2.05) is 43.3 Å². The molecule has 0 bridgehead atoms. The van der Waals surface area contributed by atoms with Crippen molar-refractivity contribution in [1.82, 2.24) is 25.4 Å². The lowest BCUT2D eigenvalue weighted by Crippen LogP contribution is -2.41. The quantitative estimate of drug-likeness (QED) is 0.261. The minimum atomic E-state index is -0.673. The number of urea groups is 1. The van der Waals surface area contributed by atoms with Gasteiger partial charge in [-0.3, -0.25) is 5.32 Å². The van der Waals surface area contributed by atoms with Gasteiger partial charge >= 0.3 is 6.03 Å². The van der Waals surface area contributed by atoms with Gasteiger partial charge < -0.3 is 20.1 Å². The van der Waals surface area contributed by atoms with Crippen molar-refractivity contribution in [1.29, 1.82) is 0 Å². The van der Waals surface area contributed by atoms with Crippen LogP contribution in [-0.2, 0) is 4.74 Å². The predicted octanol–water partition coefficient (Wildman–Crippen LogP) is 5.16. The van der Waals surface area contributed by atoms with E-state index in [2.05, 4.69) is 20.9 Å². The van der Waals surface area contributed by atoms with Crippen LogP contribution in [0.25, 0.3) is 16.9 Å². The van der Waals surface area contributed by atoms with Crippen molar-refractivity contribution in [2.24, 2.45) is 0 Å². The number of nitrogens with one attached hydrogen (secondary N) is 3. The normalized spacial score (nSPS) is 18.3. The number of ether oxygens (including phenoxy) is 2. The smallest absolute Gasteiger partial charge is 0.320 e. The second-order valence-corrected chi connectivity index (χ2v) is 9.92. The van der Waals surface area contributed by atoms with Gasteiger partial charge in [0.1, 0.15) is 17.5 Å². The van der Waals surface area contributed by atoms with Crippen LogP contribution in [0.5, 0.6) is 5.88 Å². The fourth-order valence-electron chi connectivity index (χ4n) is 5.19. The van der Waals surface area contributed by atoms with Gasteiger partial charge in [-0.2, -0.15) is 5.10 Å². The van der Waals surface area contributed by atoms with E-state index in [-0.39, 0.29) is 6.04 Å². The van der Waals surface area contributed by atoms with E-state index in [4.69, 9.17) is 14.6 Å². The van der Waals surface area contributed by atoms with Gasteiger partial charge in [0.05, 0.1) is 30.6 Å². The number of aromatic nitrogens is 3. The molecule has 0 aliphatic carbocycles. The molecular formula is C30H32F2N6O3. The van der Waals surface area contributed by atoms with Gasteiger partial charge in [0, 0.05) is 49.2 Å². The standard InChI is InChI=1S/C30H32F2N6O3/c1-18-27(19-9-10-26(41-3)33-17-19)37-38(24-7-5-4-6-8-24)29(18)36-30(39)35-25-16-23(11-12-40-2)34-28(25)20-13-21(31)15-22(32)14-20/h4-10,13-15,17,23,25,28,34H,11-12,16H2,1-3H3,(H2,35,36,39)/t23-,25-,28+/m1/s1. The Labute approximate surface area is 236 Å². The number of rotatable bonds is 9. The first kappa shape index (κ1) is 28.2. The number of para-hydroxylation sites is 1. The zero-order valence-corrected chi connectivity index (χ0v) is 23.0. The molecule has 3 N–H and O–H groups in total. The van der Waals surface area contributed by atoms with Crippen molar-refractivity contribution in [3.05, 3.63) is 89.6 Å². The summed E-state index contributed by atoms with van der Waals surface area (Å²) in [6, 6.07) is 15.1. The molecule has 1 aliphatic heterocycles. The molecule has 1 saturated heterocycles. The predicted molar refractivity (Wildman–Crippen MR) is 151 cm³/mol. The fraction of sp³-hybridized carbons (Fsp3) is 0.300. The summed E-state index contributed by atoms with van der Waals surface area (Å²) in [7, 11) is 3.17. The molecule has 41 heavy (non-hydrogen) atoms. The van der Waals surface area contributed by atoms with E-state index in [1.165, 1.54) is 12.1 Å². The van der Waals surface area contributed by atoms with Gasteiger partial charge in [-0.1, -0.05) is 18.2 Å².